The molecule has 0 aromatic heterocycles. The second-order valence-electron chi connectivity index (χ2n) is 5.13. The van der Waals surface area contributed by atoms with E-state index in [9.17, 15) is 4.79 Å². The van der Waals surface area contributed by atoms with Gasteiger partial charge in [0.2, 0.25) is 12.7 Å². The van der Waals surface area contributed by atoms with Gasteiger partial charge in [-0.15, -0.1) is 0 Å². The molecule has 1 aliphatic rings. The van der Waals surface area contributed by atoms with Crippen LogP contribution in [-0.4, -0.2) is 26.9 Å². The number of carbonyl (C=O) groups is 1. The molecule has 0 spiro atoms. The first-order valence-corrected chi connectivity index (χ1v) is 7.78. The van der Waals surface area contributed by atoms with Crippen molar-refractivity contribution in [2.24, 2.45) is 0 Å². The number of nitrogens with one attached hydrogen (secondary N) is 1. The average Bonchev–Trinajstić information content (AvgIpc) is 3.07. The Kier molecular flexibility index (Phi) is 5.00. The molecule has 1 N–H and O–H groups in total. The minimum Gasteiger partial charge on any atom is -0.493 e. The number of benzene rings is 2. The highest BCUT2D eigenvalue weighted by molar-refractivity contribution is 6.32. The van der Waals surface area contributed by atoms with Gasteiger partial charge in [0.05, 0.1) is 19.2 Å². The fraction of sp³-hybridized carbons (Fsp3) is 0.167. The van der Waals surface area contributed by atoms with Crippen LogP contribution < -0.4 is 24.3 Å². The molecule has 2 aromatic rings. The van der Waals surface area contributed by atoms with Crippen LogP contribution in [-0.2, 0) is 4.79 Å². The summed E-state index contributed by atoms with van der Waals surface area (Å²) >= 11 is 6.15. The van der Waals surface area contributed by atoms with Gasteiger partial charge < -0.3 is 24.3 Å². The third kappa shape index (κ3) is 3.80. The summed E-state index contributed by atoms with van der Waals surface area (Å²) in [5.41, 5.74) is 1.33. The van der Waals surface area contributed by atoms with Crippen LogP contribution in [0.1, 0.15) is 5.56 Å². The van der Waals surface area contributed by atoms with Gasteiger partial charge in [-0.1, -0.05) is 11.6 Å². The maximum absolute atomic E-state index is 12.1. The maximum Gasteiger partial charge on any atom is 0.248 e. The zero-order valence-electron chi connectivity index (χ0n) is 13.7. The number of amides is 1. The first-order chi connectivity index (χ1) is 12.1. The molecule has 2 aromatic carbocycles. The number of methoxy groups -OCH3 is 2. The number of hydrogen-bond acceptors (Lipinski definition) is 5. The highest BCUT2D eigenvalue weighted by Crippen LogP contribution is 2.36. The van der Waals surface area contributed by atoms with Crippen molar-refractivity contribution >= 4 is 29.3 Å². The molecule has 0 saturated carbocycles. The van der Waals surface area contributed by atoms with Gasteiger partial charge in [0, 0.05) is 17.8 Å². The molecule has 130 valence electrons. The number of rotatable bonds is 5. The summed E-state index contributed by atoms with van der Waals surface area (Å²) < 4.78 is 20.9. The van der Waals surface area contributed by atoms with Crippen molar-refractivity contribution in [3.63, 3.8) is 0 Å². The summed E-state index contributed by atoms with van der Waals surface area (Å²) in [7, 11) is 3.03. The van der Waals surface area contributed by atoms with E-state index in [0.717, 1.165) is 0 Å². The Morgan fingerprint density at radius 3 is 2.72 bits per heavy atom. The monoisotopic (exact) mass is 361 g/mol. The first-order valence-electron chi connectivity index (χ1n) is 7.41. The molecule has 6 nitrogen and oxygen atoms in total. The fourth-order valence-electron chi connectivity index (χ4n) is 2.36. The Balaban J connectivity index is 1.71. The predicted octanol–water partition coefficient (Wildman–Crippen LogP) is 3.74. The molecular weight excluding hydrogens is 346 g/mol. The van der Waals surface area contributed by atoms with Crippen LogP contribution >= 0.6 is 11.6 Å². The molecule has 0 bridgehead atoms. The number of halogens is 1. The van der Waals surface area contributed by atoms with Crippen molar-refractivity contribution in [3.8, 4) is 23.0 Å². The van der Waals surface area contributed by atoms with Gasteiger partial charge in [-0.2, -0.15) is 0 Å². The lowest BCUT2D eigenvalue weighted by Crippen LogP contribution is -2.07. The molecule has 1 aliphatic heterocycles. The number of anilines is 1. The van der Waals surface area contributed by atoms with Crippen LogP contribution in [0.25, 0.3) is 6.08 Å². The van der Waals surface area contributed by atoms with E-state index >= 15 is 0 Å². The SMILES string of the molecule is COc1cc(/C=C/C(=O)Nc2ccc3c(c2)OCO3)cc(Cl)c1OC. The molecule has 7 heteroatoms. The van der Waals surface area contributed by atoms with E-state index in [0.29, 0.717) is 39.3 Å². The van der Waals surface area contributed by atoms with Crippen molar-refractivity contribution < 1.29 is 23.7 Å². The topological polar surface area (TPSA) is 66.0 Å². The van der Waals surface area contributed by atoms with Gasteiger partial charge >= 0.3 is 0 Å². The highest BCUT2D eigenvalue weighted by atomic mass is 35.5. The molecule has 0 saturated heterocycles. The second kappa shape index (κ2) is 7.36. The fourth-order valence-corrected chi connectivity index (χ4v) is 2.66. The van der Waals surface area contributed by atoms with Crippen molar-refractivity contribution in [2.75, 3.05) is 26.3 Å². The van der Waals surface area contributed by atoms with Gasteiger partial charge in [-0.25, -0.2) is 0 Å². The lowest BCUT2D eigenvalue weighted by atomic mass is 10.2. The molecule has 0 aliphatic carbocycles. The van der Waals surface area contributed by atoms with Crippen LogP contribution in [0.4, 0.5) is 5.69 Å². The van der Waals surface area contributed by atoms with E-state index in [4.69, 9.17) is 30.5 Å². The molecule has 3 rings (SSSR count). The largest absolute Gasteiger partial charge is 0.493 e. The third-order valence-corrected chi connectivity index (χ3v) is 3.80. The Morgan fingerprint density at radius 1 is 1.16 bits per heavy atom. The van der Waals surface area contributed by atoms with E-state index in [1.165, 1.54) is 20.3 Å². The number of ether oxygens (including phenoxy) is 4. The van der Waals surface area contributed by atoms with Crippen LogP contribution in [0.3, 0.4) is 0 Å². The van der Waals surface area contributed by atoms with E-state index < -0.39 is 0 Å². The van der Waals surface area contributed by atoms with E-state index in [2.05, 4.69) is 5.32 Å². The molecule has 1 amide bonds. The standard InChI is InChI=1S/C18H16ClNO5/c1-22-16-8-11(7-13(19)18(16)23-2)3-6-17(21)20-12-4-5-14-15(9-12)25-10-24-14/h3-9H,10H2,1-2H3,(H,20,21)/b6-3+. The number of fused-ring (bicyclic) bond motifs is 1. The van der Waals surface area contributed by atoms with Crippen LogP contribution in [0.2, 0.25) is 5.02 Å². The van der Waals surface area contributed by atoms with Crippen LogP contribution in [0, 0.1) is 0 Å². The summed E-state index contributed by atoms with van der Waals surface area (Å²) in [6.07, 6.45) is 3.04. The third-order valence-electron chi connectivity index (χ3n) is 3.52. The summed E-state index contributed by atoms with van der Waals surface area (Å²) in [6, 6.07) is 8.62. The van der Waals surface area contributed by atoms with Crippen molar-refractivity contribution in [1.29, 1.82) is 0 Å². The van der Waals surface area contributed by atoms with Crippen molar-refractivity contribution in [1.82, 2.24) is 0 Å². The second-order valence-corrected chi connectivity index (χ2v) is 5.54. The maximum atomic E-state index is 12.1. The van der Waals surface area contributed by atoms with Gasteiger partial charge in [0.15, 0.2) is 23.0 Å². The molecule has 1 heterocycles. The minimum atomic E-state index is -0.287. The number of carbonyl (C=O) groups excluding carboxylic acids is 1. The molecular formula is C18H16ClNO5. The lowest BCUT2D eigenvalue weighted by molar-refractivity contribution is -0.111. The zero-order valence-corrected chi connectivity index (χ0v) is 14.4. The lowest BCUT2D eigenvalue weighted by Gasteiger charge is -2.10. The van der Waals surface area contributed by atoms with E-state index in [1.54, 1.807) is 36.4 Å². The highest BCUT2D eigenvalue weighted by Gasteiger charge is 2.14. The van der Waals surface area contributed by atoms with Crippen molar-refractivity contribution in [3.05, 3.63) is 47.0 Å². The zero-order chi connectivity index (χ0) is 17.8. The van der Waals surface area contributed by atoms with Gasteiger partial charge in [-0.05, 0) is 35.9 Å². The molecule has 0 radical (unpaired) electrons. The normalized spacial score (nSPS) is 12.3. The summed E-state index contributed by atoms with van der Waals surface area (Å²) in [5, 5.41) is 3.16. The molecule has 0 fully saturated rings. The quantitative estimate of drug-likeness (QED) is 0.822. The van der Waals surface area contributed by atoms with Crippen molar-refractivity contribution in [2.45, 2.75) is 0 Å². The van der Waals surface area contributed by atoms with Crippen LogP contribution in [0.15, 0.2) is 36.4 Å². The summed E-state index contributed by atoms with van der Waals surface area (Å²) in [5.74, 6) is 1.92. The Morgan fingerprint density at radius 2 is 1.96 bits per heavy atom. The Bertz CT molecular complexity index is 834. The van der Waals surface area contributed by atoms with Gasteiger partial charge in [0.25, 0.3) is 0 Å². The average molecular weight is 362 g/mol. The van der Waals surface area contributed by atoms with Crippen LogP contribution in [0.5, 0.6) is 23.0 Å². The smallest absolute Gasteiger partial charge is 0.248 e. The first kappa shape index (κ1) is 17.0. The van der Waals surface area contributed by atoms with Gasteiger partial charge in [0.1, 0.15) is 0 Å². The van der Waals surface area contributed by atoms with Gasteiger partial charge in [-0.3, -0.25) is 4.79 Å². The van der Waals surface area contributed by atoms with E-state index in [-0.39, 0.29) is 12.7 Å². The molecule has 25 heavy (non-hydrogen) atoms. The minimum absolute atomic E-state index is 0.187. The van der Waals surface area contributed by atoms with E-state index in [1.807, 2.05) is 0 Å². The molecule has 0 atom stereocenters. The predicted molar refractivity (Wildman–Crippen MR) is 94.8 cm³/mol. The Hall–Kier alpha value is -2.86. The molecule has 0 unspecified atom stereocenters. The number of hydrogen-bond donors (Lipinski definition) is 1. The Labute approximate surface area is 149 Å². The summed E-state index contributed by atoms with van der Waals surface area (Å²) in [4.78, 5) is 12.1. The summed E-state index contributed by atoms with van der Waals surface area (Å²) in [6.45, 7) is 0.187.